The van der Waals surface area contributed by atoms with E-state index in [-0.39, 0.29) is 11.4 Å². The van der Waals surface area contributed by atoms with Crippen LogP contribution in [0.1, 0.15) is 12.5 Å². The fourth-order valence-electron chi connectivity index (χ4n) is 2.32. The summed E-state index contributed by atoms with van der Waals surface area (Å²) in [6.45, 7) is 2.39. The molecule has 0 aliphatic heterocycles. The second kappa shape index (κ2) is 9.23. The number of carbonyl (C=O) groups excluding carboxylic acids is 1. The second-order valence-corrected chi connectivity index (χ2v) is 5.31. The first-order valence-electron chi connectivity index (χ1n) is 8.10. The Morgan fingerprint density at radius 2 is 1.81 bits per heavy atom. The summed E-state index contributed by atoms with van der Waals surface area (Å²) >= 11 is 0. The van der Waals surface area contributed by atoms with Gasteiger partial charge in [0, 0.05) is 18.2 Å². The molecule has 1 amide bonds. The zero-order chi connectivity index (χ0) is 19.8. The molecule has 0 atom stereocenters. The van der Waals surface area contributed by atoms with Gasteiger partial charge in [-0.15, -0.1) is 0 Å². The summed E-state index contributed by atoms with van der Waals surface area (Å²) in [4.78, 5) is 22.5. The fourth-order valence-corrected chi connectivity index (χ4v) is 2.32. The quantitative estimate of drug-likeness (QED) is 0.431. The molecule has 8 heteroatoms. The maximum atomic E-state index is 12.2. The number of carbonyl (C=O) groups is 1. The molecule has 0 bridgehead atoms. The van der Waals surface area contributed by atoms with Crippen LogP contribution in [0, 0.1) is 10.1 Å². The normalized spacial score (nSPS) is 10.5. The van der Waals surface area contributed by atoms with Crippen LogP contribution in [0.25, 0.3) is 6.08 Å². The zero-order valence-corrected chi connectivity index (χ0v) is 15.2. The molecule has 0 aliphatic carbocycles. The van der Waals surface area contributed by atoms with Gasteiger partial charge in [0.15, 0.2) is 11.5 Å². The van der Waals surface area contributed by atoms with Crippen LogP contribution in [0.5, 0.6) is 17.2 Å². The Hall–Kier alpha value is -3.55. The molecule has 2 aromatic rings. The summed E-state index contributed by atoms with van der Waals surface area (Å²) in [6.07, 6.45) is 2.91. The highest BCUT2D eigenvalue weighted by Crippen LogP contribution is 2.30. The van der Waals surface area contributed by atoms with Crippen molar-refractivity contribution in [1.82, 2.24) is 0 Å². The van der Waals surface area contributed by atoms with Gasteiger partial charge in [0.1, 0.15) is 5.75 Å². The number of nitro benzene ring substituents is 1. The smallest absolute Gasteiger partial charge is 0.271 e. The van der Waals surface area contributed by atoms with Gasteiger partial charge in [-0.3, -0.25) is 14.9 Å². The van der Waals surface area contributed by atoms with Crippen LogP contribution in [0.3, 0.4) is 0 Å². The molecule has 1 N–H and O–H groups in total. The van der Waals surface area contributed by atoms with E-state index >= 15 is 0 Å². The van der Waals surface area contributed by atoms with Crippen molar-refractivity contribution in [2.45, 2.75) is 6.92 Å². The number of nitrogens with zero attached hydrogens (tertiary/aromatic N) is 1. The van der Waals surface area contributed by atoms with Crippen LogP contribution in [0.2, 0.25) is 0 Å². The average molecular weight is 372 g/mol. The van der Waals surface area contributed by atoms with E-state index < -0.39 is 10.8 Å². The number of rotatable bonds is 8. The Morgan fingerprint density at radius 1 is 1.11 bits per heavy atom. The minimum absolute atomic E-state index is 0.147. The summed E-state index contributed by atoms with van der Waals surface area (Å²) in [5.41, 5.74) is 0.799. The molecule has 8 nitrogen and oxygen atoms in total. The monoisotopic (exact) mass is 372 g/mol. The predicted octanol–water partition coefficient (Wildman–Crippen LogP) is 3.66. The number of benzene rings is 2. The van der Waals surface area contributed by atoms with E-state index in [0.717, 1.165) is 5.56 Å². The number of nitro groups is 1. The summed E-state index contributed by atoms with van der Waals surface area (Å²) in [7, 11) is 2.95. The minimum Gasteiger partial charge on any atom is -0.495 e. The van der Waals surface area contributed by atoms with Crippen LogP contribution < -0.4 is 19.5 Å². The summed E-state index contributed by atoms with van der Waals surface area (Å²) in [5, 5.41) is 13.5. The lowest BCUT2D eigenvalue weighted by Gasteiger charge is -2.10. The van der Waals surface area contributed by atoms with Crippen molar-refractivity contribution >= 4 is 23.4 Å². The maximum absolute atomic E-state index is 12.2. The van der Waals surface area contributed by atoms with Gasteiger partial charge < -0.3 is 19.5 Å². The van der Waals surface area contributed by atoms with Crippen LogP contribution in [-0.2, 0) is 4.79 Å². The van der Waals surface area contributed by atoms with Gasteiger partial charge in [-0.25, -0.2) is 0 Å². The molecule has 0 fully saturated rings. The zero-order valence-electron chi connectivity index (χ0n) is 15.2. The number of methoxy groups -OCH3 is 2. The average Bonchev–Trinajstić information content (AvgIpc) is 2.67. The van der Waals surface area contributed by atoms with Crippen molar-refractivity contribution in [3.8, 4) is 17.2 Å². The van der Waals surface area contributed by atoms with E-state index in [2.05, 4.69) is 5.32 Å². The Labute approximate surface area is 156 Å². The maximum Gasteiger partial charge on any atom is 0.271 e. The Bertz CT molecular complexity index is 863. The molecule has 0 radical (unpaired) electrons. The summed E-state index contributed by atoms with van der Waals surface area (Å²) in [5.74, 6) is 1.04. The molecule has 27 heavy (non-hydrogen) atoms. The van der Waals surface area contributed by atoms with E-state index in [0.29, 0.717) is 23.9 Å². The van der Waals surface area contributed by atoms with Crippen LogP contribution in [0.4, 0.5) is 11.4 Å². The number of hydrogen-bond acceptors (Lipinski definition) is 6. The molecule has 0 saturated heterocycles. The first-order chi connectivity index (χ1) is 13.0. The van der Waals surface area contributed by atoms with Gasteiger partial charge >= 0.3 is 0 Å². The third-order valence-electron chi connectivity index (χ3n) is 3.57. The van der Waals surface area contributed by atoms with E-state index in [1.807, 2.05) is 6.92 Å². The van der Waals surface area contributed by atoms with Crippen LogP contribution in [-0.4, -0.2) is 31.7 Å². The standard InChI is InChI=1S/C19H20N2O6/c1-4-27-17-8-5-13(11-18(17)26-3)6-10-19(22)20-15-12-14(21(23)24)7-9-16(15)25-2/h5-12H,4H2,1-3H3,(H,20,22)/b10-6+. The van der Waals surface area contributed by atoms with Crippen molar-refractivity contribution in [3.05, 3.63) is 58.2 Å². The summed E-state index contributed by atoms with van der Waals surface area (Å²) < 4.78 is 15.8. The van der Waals surface area contributed by atoms with Gasteiger partial charge in [0.25, 0.3) is 5.69 Å². The molecule has 0 aliphatic rings. The molecule has 142 valence electrons. The molecule has 2 aromatic carbocycles. The molecular weight excluding hydrogens is 352 g/mol. The predicted molar refractivity (Wildman–Crippen MR) is 101 cm³/mol. The lowest BCUT2D eigenvalue weighted by molar-refractivity contribution is -0.384. The number of non-ortho nitro benzene ring substituents is 1. The van der Waals surface area contributed by atoms with E-state index in [1.165, 1.54) is 38.5 Å². The minimum atomic E-state index is -0.545. The van der Waals surface area contributed by atoms with E-state index in [9.17, 15) is 14.9 Å². The molecular formula is C19H20N2O6. The molecule has 0 saturated carbocycles. The Kier molecular flexibility index (Phi) is 6.76. The van der Waals surface area contributed by atoms with Crippen molar-refractivity contribution < 1.29 is 23.9 Å². The molecule has 0 aromatic heterocycles. The lowest BCUT2D eigenvalue weighted by atomic mass is 10.2. The number of hydrogen-bond donors (Lipinski definition) is 1. The van der Waals surface area contributed by atoms with Crippen molar-refractivity contribution in [1.29, 1.82) is 0 Å². The Morgan fingerprint density at radius 3 is 2.44 bits per heavy atom. The SMILES string of the molecule is CCOc1ccc(/C=C/C(=O)Nc2cc([N+](=O)[O-])ccc2OC)cc1OC. The van der Waals surface area contributed by atoms with Crippen molar-refractivity contribution in [3.63, 3.8) is 0 Å². The van der Waals surface area contributed by atoms with Crippen molar-refractivity contribution in [2.75, 3.05) is 26.1 Å². The van der Waals surface area contributed by atoms with E-state index in [4.69, 9.17) is 14.2 Å². The third kappa shape index (κ3) is 5.21. The van der Waals surface area contributed by atoms with Gasteiger partial charge in [-0.2, -0.15) is 0 Å². The molecule has 0 heterocycles. The molecule has 0 unspecified atom stereocenters. The highest BCUT2D eigenvalue weighted by atomic mass is 16.6. The number of nitrogens with one attached hydrogen (secondary N) is 1. The second-order valence-electron chi connectivity index (χ2n) is 5.31. The van der Waals surface area contributed by atoms with Crippen LogP contribution in [0.15, 0.2) is 42.5 Å². The molecule has 0 spiro atoms. The molecule has 2 rings (SSSR count). The fraction of sp³-hybridized carbons (Fsp3) is 0.211. The van der Waals surface area contributed by atoms with Crippen molar-refractivity contribution in [2.24, 2.45) is 0 Å². The Balaban J connectivity index is 2.16. The van der Waals surface area contributed by atoms with Gasteiger partial charge in [-0.05, 0) is 36.8 Å². The highest BCUT2D eigenvalue weighted by molar-refractivity contribution is 6.03. The van der Waals surface area contributed by atoms with Crippen LogP contribution >= 0.6 is 0 Å². The van der Waals surface area contributed by atoms with Gasteiger partial charge in [0.2, 0.25) is 5.91 Å². The first kappa shape index (κ1) is 19.8. The number of amides is 1. The highest BCUT2D eigenvalue weighted by Gasteiger charge is 2.12. The lowest BCUT2D eigenvalue weighted by Crippen LogP contribution is -2.09. The first-order valence-corrected chi connectivity index (χ1v) is 8.10. The number of ether oxygens (including phenoxy) is 3. The van der Waals surface area contributed by atoms with Gasteiger partial charge in [0.05, 0.1) is 31.4 Å². The largest absolute Gasteiger partial charge is 0.495 e. The van der Waals surface area contributed by atoms with E-state index in [1.54, 1.807) is 24.3 Å². The summed E-state index contributed by atoms with van der Waals surface area (Å²) in [6, 6.07) is 9.24. The van der Waals surface area contributed by atoms with Gasteiger partial charge in [-0.1, -0.05) is 6.07 Å². The third-order valence-corrected chi connectivity index (χ3v) is 3.57. The number of anilines is 1. The topological polar surface area (TPSA) is 99.9 Å².